The van der Waals surface area contributed by atoms with Crippen LogP contribution in [-0.4, -0.2) is 5.91 Å². The van der Waals surface area contributed by atoms with Gasteiger partial charge in [-0.1, -0.05) is 54.1 Å². The largest absolute Gasteiger partial charge is 0.457 e. The molecule has 1 amide bonds. The number of rotatable bonds is 5. The Morgan fingerprint density at radius 1 is 0.886 bits per heavy atom. The minimum Gasteiger partial charge on any atom is -0.457 e. The molecule has 5 rings (SSSR count). The third-order valence-corrected chi connectivity index (χ3v) is 5.99. The van der Waals surface area contributed by atoms with Crippen LogP contribution in [0, 0.1) is 6.92 Å². The number of hydrogen-bond donors (Lipinski definition) is 1. The van der Waals surface area contributed by atoms with Gasteiger partial charge in [0, 0.05) is 27.7 Å². The van der Waals surface area contributed by atoms with E-state index in [0.717, 1.165) is 16.5 Å². The van der Waals surface area contributed by atoms with Gasteiger partial charge >= 0.3 is 5.63 Å². The van der Waals surface area contributed by atoms with Crippen LogP contribution in [0.2, 0.25) is 5.02 Å². The Morgan fingerprint density at radius 2 is 1.66 bits per heavy atom. The van der Waals surface area contributed by atoms with E-state index in [9.17, 15) is 9.59 Å². The molecule has 0 bridgehead atoms. The maximum atomic E-state index is 12.4. The predicted octanol–water partition coefficient (Wildman–Crippen LogP) is 7.33. The smallest absolute Gasteiger partial charge is 0.344 e. The van der Waals surface area contributed by atoms with E-state index in [1.807, 2.05) is 49.4 Å². The average molecular weight is 482 g/mol. The number of fused-ring (bicyclic) bond motifs is 1. The standard InChI is InChI=1S/C29H20ClNO4/c1-18-6-7-21(17-25(18)30)27-14-12-23(34-27)13-15-28(32)31-22-10-8-19(9-11-22)24-16-20-4-2-3-5-26(20)35-29(24)33/h2-17H,1H3,(H,31,32). The Labute approximate surface area is 206 Å². The van der Waals surface area contributed by atoms with Gasteiger partial charge in [0.25, 0.3) is 0 Å². The molecule has 2 aromatic heterocycles. The Kier molecular flexibility index (Phi) is 6.08. The van der Waals surface area contributed by atoms with E-state index in [-0.39, 0.29) is 5.91 Å². The van der Waals surface area contributed by atoms with Crippen LogP contribution in [-0.2, 0) is 4.79 Å². The number of aryl methyl sites for hydroxylation is 1. The van der Waals surface area contributed by atoms with Crippen LogP contribution in [0.3, 0.4) is 0 Å². The second-order valence-electron chi connectivity index (χ2n) is 8.05. The zero-order valence-corrected chi connectivity index (χ0v) is 19.5. The van der Waals surface area contributed by atoms with E-state index < -0.39 is 5.63 Å². The third kappa shape index (κ3) is 4.95. The second-order valence-corrected chi connectivity index (χ2v) is 8.46. The molecule has 0 fully saturated rings. The molecule has 0 aliphatic heterocycles. The molecule has 35 heavy (non-hydrogen) atoms. The summed E-state index contributed by atoms with van der Waals surface area (Å²) in [6, 6.07) is 25.5. The van der Waals surface area contributed by atoms with Gasteiger partial charge in [-0.3, -0.25) is 4.79 Å². The molecule has 0 aliphatic carbocycles. The van der Waals surface area contributed by atoms with Crippen molar-refractivity contribution in [3.8, 4) is 22.5 Å². The van der Waals surface area contributed by atoms with E-state index in [2.05, 4.69) is 5.32 Å². The lowest BCUT2D eigenvalue weighted by atomic mass is 10.1. The molecule has 0 saturated heterocycles. The minimum atomic E-state index is -0.408. The molecule has 6 heteroatoms. The first kappa shape index (κ1) is 22.4. The molecular weight excluding hydrogens is 462 g/mol. The SMILES string of the molecule is Cc1ccc(-c2ccc(C=CC(=O)Nc3ccc(-c4cc5ccccc5oc4=O)cc3)o2)cc1Cl. The number of hydrogen-bond acceptors (Lipinski definition) is 4. The number of furan rings is 1. The van der Waals surface area contributed by atoms with Crippen molar-refractivity contribution in [3.05, 3.63) is 118 Å². The van der Waals surface area contributed by atoms with Crippen molar-refractivity contribution in [2.75, 3.05) is 5.32 Å². The molecule has 172 valence electrons. The summed E-state index contributed by atoms with van der Waals surface area (Å²) < 4.78 is 11.2. The number of carbonyl (C=O) groups excluding carboxylic acids is 1. The molecule has 0 saturated carbocycles. The van der Waals surface area contributed by atoms with Crippen molar-refractivity contribution in [2.24, 2.45) is 0 Å². The highest BCUT2D eigenvalue weighted by atomic mass is 35.5. The highest BCUT2D eigenvalue weighted by Gasteiger charge is 2.09. The summed E-state index contributed by atoms with van der Waals surface area (Å²) in [6.45, 7) is 1.94. The van der Waals surface area contributed by atoms with Gasteiger partial charge in [0.2, 0.25) is 5.91 Å². The van der Waals surface area contributed by atoms with Gasteiger partial charge in [-0.05, 0) is 66.6 Å². The predicted molar refractivity (Wildman–Crippen MR) is 139 cm³/mol. The van der Waals surface area contributed by atoms with E-state index in [1.54, 1.807) is 48.5 Å². The summed E-state index contributed by atoms with van der Waals surface area (Å²) in [5.74, 6) is 0.908. The Morgan fingerprint density at radius 3 is 2.46 bits per heavy atom. The van der Waals surface area contributed by atoms with Gasteiger partial charge in [0.15, 0.2) is 0 Å². The topological polar surface area (TPSA) is 72.5 Å². The van der Waals surface area contributed by atoms with E-state index in [1.165, 1.54) is 6.08 Å². The first-order valence-electron chi connectivity index (χ1n) is 10.9. The van der Waals surface area contributed by atoms with Crippen LogP contribution >= 0.6 is 11.6 Å². The maximum Gasteiger partial charge on any atom is 0.344 e. The van der Waals surface area contributed by atoms with Crippen molar-refractivity contribution in [2.45, 2.75) is 6.92 Å². The van der Waals surface area contributed by atoms with Gasteiger partial charge in [0.1, 0.15) is 17.1 Å². The fourth-order valence-corrected chi connectivity index (χ4v) is 3.86. The first-order chi connectivity index (χ1) is 17.0. The molecule has 2 heterocycles. The molecule has 3 aromatic carbocycles. The molecule has 0 aliphatic rings. The van der Waals surface area contributed by atoms with Gasteiger partial charge in [-0.25, -0.2) is 4.79 Å². The first-order valence-corrected chi connectivity index (χ1v) is 11.3. The molecule has 0 unspecified atom stereocenters. The van der Waals surface area contributed by atoms with Crippen LogP contribution in [0.15, 0.2) is 105 Å². The number of benzene rings is 3. The highest BCUT2D eigenvalue weighted by molar-refractivity contribution is 6.31. The molecule has 5 nitrogen and oxygen atoms in total. The molecular formula is C29H20ClNO4. The van der Waals surface area contributed by atoms with Crippen molar-refractivity contribution >= 4 is 40.2 Å². The summed E-state index contributed by atoms with van der Waals surface area (Å²) in [7, 11) is 0. The van der Waals surface area contributed by atoms with Crippen molar-refractivity contribution in [3.63, 3.8) is 0 Å². The zero-order chi connectivity index (χ0) is 24.4. The number of para-hydroxylation sites is 1. The summed E-state index contributed by atoms with van der Waals surface area (Å²) in [5.41, 5.74) is 3.76. The lowest BCUT2D eigenvalue weighted by Gasteiger charge is -2.05. The second kappa shape index (κ2) is 9.49. The lowest BCUT2D eigenvalue weighted by molar-refractivity contribution is -0.111. The summed E-state index contributed by atoms with van der Waals surface area (Å²) in [4.78, 5) is 24.8. The number of anilines is 1. The number of amides is 1. The molecule has 0 atom stereocenters. The summed E-state index contributed by atoms with van der Waals surface area (Å²) >= 11 is 6.20. The molecule has 0 spiro atoms. The minimum absolute atomic E-state index is 0.306. The lowest BCUT2D eigenvalue weighted by Crippen LogP contribution is -2.07. The Hall–Kier alpha value is -4.35. The maximum absolute atomic E-state index is 12.4. The van der Waals surface area contributed by atoms with E-state index in [4.69, 9.17) is 20.4 Å². The fraction of sp³-hybridized carbons (Fsp3) is 0.0345. The molecule has 5 aromatic rings. The van der Waals surface area contributed by atoms with Crippen molar-refractivity contribution in [1.82, 2.24) is 0 Å². The van der Waals surface area contributed by atoms with Gasteiger partial charge in [0.05, 0.1) is 5.56 Å². The highest BCUT2D eigenvalue weighted by Crippen LogP contribution is 2.27. The Balaban J connectivity index is 1.26. The van der Waals surface area contributed by atoms with Crippen molar-refractivity contribution in [1.29, 1.82) is 0 Å². The van der Waals surface area contributed by atoms with Gasteiger partial charge in [-0.15, -0.1) is 0 Å². The quantitative estimate of drug-likeness (QED) is 0.210. The van der Waals surface area contributed by atoms with E-state index >= 15 is 0 Å². The monoisotopic (exact) mass is 481 g/mol. The third-order valence-electron chi connectivity index (χ3n) is 5.59. The number of halogens is 1. The molecule has 1 N–H and O–H groups in total. The van der Waals surface area contributed by atoms with Crippen LogP contribution < -0.4 is 10.9 Å². The number of nitrogens with one attached hydrogen (secondary N) is 1. The summed E-state index contributed by atoms with van der Waals surface area (Å²) in [6.07, 6.45) is 3.00. The average Bonchev–Trinajstić information content (AvgIpc) is 3.34. The molecule has 0 radical (unpaired) electrons. The van der Waals surface area contributed by atoms with E-state index in [0.29, 0.717) is 38.9 Å². The summed E-state index contributed by atoms with van der Waals surface area (Å²) in [5, 5.41) is 4.31. The van der Waals surface area contributed by atoms with Crippen LogP contribution in [0.4, 0.5) is 5.69 Å². The van der Waals surface area contributed by atoms with Crippen LogP contribution in [0.25, 0.3) is 39.5 Å². The number of carbonyl (C=O) groups is 1. The Bertz CT molecular complexity index is 1630. The van der Waals surface area contributed by atoms with Gasteiger partial charge in [-0.2, -0.15) is 0 Å². The van der Waals surface area contributed by atoms with Crippen LogP contribution in [0.1, 0.15) is 11.3 Å². The van der Waals surface area contributed by atoms with Gasteiger partial charge < -0.3 is 14.2 Å². The van der Waals surface area contributed by atoms with Crippen molar-refractivity contribution < 1.29 is 13.6 Å². The van der Waals surface area contributed by atoms with Crippen LogP contribution in [0.5, 0.6) is 0 Å². The fourth-order valence-electron chi connectivity index (χ4n) is 3.68. The normalized spacial score (nSPS) is 11.3. The zero-order valence-electron chi connectivity index (χ0n) is 18.7.